The fourth-order valence-corrected chi connectivity index (χ4v) is 2.81. The van der Waals surface area contributed by atoms with Gasteiger partial charge in [0.05, 0.1) is 5.92 Å². The maximum absolute atomic E-state index is 12.0. The Kier molecular flexibility index (Phi) is 5.13. The summed E-state index contributed by atoms with van der Waals surface area (Å²) in [7, 11) is 0. The molecule has 3 rings (SSSR count). The van der Waals surface area contributed by atoms with Crippen molar-refractivity contribution in [3.63, 3.8) is 0 Å². The molecule has 128 valence electrons. The lowest BCUT2D eigenvalue weighted by Gasteiger charge is -2.16. The molecule has 1 saturated carbocycles. The van der Waals surface area contributed by atoms with E-state index in [2.05, 4.69) is 5.32 Å². The van der Waals surface area contributed by atoms with Crippen molar-refractivity contribution in [1.29, 1.82) is 0 Å². The summed E-state index contributed by atoms with van der Waals surface area (Å²) in [6.45, 7) is 0.702. The number of rotatable bonds is 7. The highest BCUT2D eigenvalue weighted by Crippen LogP contribution is 2.20. The molecule has 0 spiro atoms. The van der Waals surface area contributed by atoms with Crippen LogP contribution in [0.3, 0.4) is 0 Å². The zero-order valence-electron chi connectivity index (χ0n) is 13.6. The molecule has 1 aromatic rings. The van der Waals surface area contributed by atoms with Crippen LogP contribution in [0.15, 0.2) is 30.3 Å². The van der Waals surface area contributed by atoms with Gasteiger partial charge < -0.3 is 15.0 Å². The van der Waals surface area contributed by atoms with E-state index in [-0.39, 0.29) is 30.9 Å². The summed E-state index contributed by atoms with van der Waals surface area (Å²) < 4.78 is 5.05. The molecular weight excluding hydrogens is 308 g/mol. The maximum atomic E-state index is 12.0. The van der Waals surface area contributed by atoms with Crippen LogP contribution in [-0.2, 0) is 25.5 Å². The predicted molar refractivity (Wildman–Crippen MR) is 87.0 cm³/mol. The lowest BCUT2D eigenvalue weighted by molar-refractivity contribution is -0.152. The van der Waals surface area contributed by atoms with Crippen LogP contribution in [0.1, 0.15) is 24.8 Å². The van der Waals surface area contributed by atoms with Crippen molar-refractivity contribution >= 4 is 17.8 Å². The van der Waals surface area contributed by atoms with Crippen molar-refractivity contribution in [3.05, 3.63) is 35.9 Å². The van der Waals surface area contributed by atoms with Gasteiger partial charge in [0.1, 0.15) is 0 Å². The van der Waals surface area contributed by atoms with Gasteiger partial charge >= 0.3 is 5.97 Å². The molecule has 1 heterocycles. The third kappa shape index (κ3) is 4.57. The molecule has 0 radical (unpaired) electrons. The molecular formula is C18H22N2O4. The molecule has 0 aromatic heterocycles. The number of nitrogens with zero attached hydrogens (tertiary/aromatic N) is 1. The van der Waals surface area contributed by atoms with Gasteiger partial charge in [-0.3, -0.25) is 14.4 Å². The lowest BCUT2D eigenvalue weighted by Crippen LogP contribution is -2.32. The third-order valence-electron chi connectivity index (χ3n) is 4.35. The lowest BCUT2D eigenvalue weighted by atomic mass is 10.1. The minimum Gasteiger partial charge on any atom is -0.455 e. The van der Waals surface area contributed by atoms with Crippen molar-refractivity contribution in [1.82, 2.24) is 10.2 Å². The number of hydrogen-bond acceptors (Lipinski definition) is 4. The minimum absolute atomic E-state index is 0.0321. The van der Waals surface area contributed by atoms with E-state index in [1.165, 1.54) is 0 Å². The topological polar surface area (TPSA) is 75.7 Å². The highest BCUT2D eigenvalue weighted by atomic mass is 16.5. The van der Waals surface area contributed by atoms with Gasteiger partial charge in [-0.1, -0.05) is 30.3 Å². The van der Waals surface area contributed by atoms with E-state index >= 15 is 0 Å². The molecule has 2 amide bonds. The Labute approximate surface area is 141 Å². The molecule has 2 aliphatic rings. The number of likely N-dealkylation sites (tertiary alicyclic amines) is 1. The van der Waals surface area contributed by atoms with Crippen LogP contribution >= 0.6 is 0 Å². The maximum Gasteiger partial charge on any atom is 0.311 e. The quantitative estimate of drug-likeness (QED) is 0.754. The van der Waals surface area contributed by atoms with E-state index in [0.29, 0.717) is 13.1 Å². The number of hydrogen-bond donors (Lipinski definition) is 1. The molecule has 0 unspecified atom stereocenters. The number of nitrogens with one attached hydrogen (secondary N) is 1. The van der Waals surface area contributed by atoms with Crippen molar-refractivity contribution in [2.75, 3.05) is 19.7 Å². The van der Waals surface area contributed by atoms with Crippen molar-refractivity contribution < 1.29 is 19.1 Å². The summed E-state index contributed by atoms with van der Waals surface area (Å²) in [5.74, 6) is -1.23. The number of carbonyl (C=O) groups excluding carboxylic acids is 3. The Bertz CT molecular complexity index is 613. The van der Waals surface area contributed by atoms with Gasteiger partial charge in [-0.05, 0) is 24.8 Å². The molecule has 0 bridgehead atoms. The second kappa shape index (κ2) is 7.47. The normalized spacial score (nSPS) is 20.1. The number of esters is 1. The van der Waals surface area contributed by atoms with E-state index in [4.69, 9.17) is 4.74 Å². The number of benzene rings is 1. The molecule has 1 saturated heterocycles. The van der Waals surface area contributed by atoms with Crippen LogP contribution < -0.4 is 5.32 Å². The first kappa shape index (κ1) is 16.5. The molecule has 6 nitrogen and oxygen atoms in total. The van der Waals surface area contributed by atoms with Crippen LogP contribution in [0.2, 0.25) is 0 Å². The molecule has 2 fully saturated rings. The molecule has 1 atom stereocenters. The Hall–Kier alpha value is -2.37. The Morgan fingerprint density at radius 1 is 1.21 bits per heavy atom. The standard InChI is InChI=1S/C18H22N2O4/c21-16(19-15-6-7-15)12-24-18(23)14-10-17(22)20(11-14)9-8-13-4-2-1-3-5-13/h1-5,14-15H,6-12H2,(H,19,21)/t14-/m0/s1. The third-order valence-corrected chi connectivity index (χ3v) is 4.35. The molecule has 6 heteroatoms. The first-order valence-electron chi connectivity index (χ1n) is 8.39. The van der Waals surface area contributed by atoms with Gasteiger partial charge in [0.25, 0.3) is 5.91 Å². The molecule has 24 heavy (non-hydrogen) atoms. The smallest absolute Gasteiger partial charge is 0.311 e. The second-order valence-corrected chi connectivity index (χ2v) is 6.43. The predicted octanol–water partition coefficient (Wildman–Crippen LogP) is 0.899. The fourth-order valence-electron chi connectivity index (χ4n) is 2.81. The first-order valence-corrected chi connectivity index (χ1v) is 8.39. The average Bonchev–Trinajstić information content (AvgIpc) is 3.32. The monoisotopic (exact) mass is 330 g/mol. The van der Waals surface area contributed by atoms with Crippen LogP contribution in [0, 0.1) is 5.92 Å². The summed E-state index contributed by atoms with van der Waals surface area (Å²) in [5, 5.41) is 2.76. The number of carbonyl (C=O) groups is 3. The zero-order chi connectivity index (χ0) is 16.9. The zero-order valence-corrected chi connectivity index (χ0v) is 13.6. The highest BCUT2D eigenvalue weighted by molar-refractivity contribution is 5.88. The Balaban J connectivity index is 1.41. The summed E-state index contributed by atoms with van der Waals surface area (Å²) in [6.07, 6.45) is 2.91. The van der Waals surface area contributed by atoms with Crippen LogP contribution in [-0.4, -0.2) is 48.4 Å². The Morgan fingerprint density at radius 3 is 2.67 bits per heavy atom. The van der Waals surface area contributed by atoms with Crippen LogP contribution in [0.4, 0.5) is 0 Å². The van der Waals surface area contributed by atoms with E-state index in [1.54, 1.807) is 4.90 Å². The molecule has 1 aliphatic heterocycles. The van der Waals surface area contributed by atoms with Crippen molar-refractivity contribution in [3.8, 4) is 0 Å². The summed E-state index contributed by atoms with van der Waals surface area (Å²) in [6, 6.07) is 10.2. The van der Waals surface area contributed by atoms with Crippen molar-refractivity contribution in [2.24, 2.45) is 5.92 Å². The van der Waals surface area contributed by atoms with Crippen LogP contribution in [0.25, 0.3) is 0 Å². The molecule has 1 aliphatic carbocycles. The molecule has 1 aromatic carbocycles. The Morgan fingerprint density at radius 2 is 1.96 bits per heavy atom. The van der Waals surface area contributed by atoms with Gasteiger partial charge in [0.15, 0.2) is 6.61 Å². The van der Waals surface area contributed by atoms with E-state index in [0.717, 1.165) is 24.8 Å². The van der Waals surface area contributed by atoms with E-state index < -0.39 is 11.9 Å². The summed E-state index contributed by atoms with van der Waals surface area (Å²) >= 11 is 0. The fraction of sp³-hybridized carbons (Fsp3) is 0.500. The van der Waals surface area contributed by atoms with Gasteiger partial charge in [-0.25, -0.2) is 0 Å². The largest absolute Gasteiger partial charge is 0.455 e. The summed E-state index contributed by atoms with van der Waals surface area (Å²) in [5.41, 5.74) is 1.16. The van der Waals surface area contributed by atoms with Crippen molar-refractivity contribution in [2.45, 2.75) is 31.7 Å². The number of amides is 2. The van der Waals surface area contributed by atoms with E-state index in [1.807, 2.05) is 30.3 Å². The van der Waals surface area contributed by atoms with Gasteiger partial charge in [0, 0.05) is 25.6 Å². The van der Waals surface area contributed by atoms with Gasteiger partial charge in [-0.15, -0.1) is 0 Å². The first-order chi connectivity index (χ1) is 11.6. The SMILES string of the molecule is O=C(COC(=O)[C@H]1CC(=O)N(CCc2ccccc2)C1)NC1CC1. The average molecular weight is 330 g/mol. The summed E-state index contributed by atoms with van der Waals surface area (Å²) in [4.78, 5) is 37.3. The van der Waals surface area contributed by atoms with E-state index in [9.17, 15) is 14.4 Å². The van der Waals surface area contributed by atoms with Gasteiger partial charge in [0.2, 0.25) is 5.91 Å². The minimum atomic E-state index is -0.470. The highest BCUT2D eigenvalue weighted by Gasteiger charge is 2.35. The number of ether oxygens (including phenoxy) is 1. The van der Waals surface area contributed by atoms with Gasteiger partial charge in [-0.2, -0.15) is 0 Å². The molecule has 1 N–H and O–H groups in total. The second-order valence-electron chi connectivity index (χ2n) is 6.43. The van der Waals surface area contributed by atoms with Crippen LogP contribution in [0.5, 0.6) is 0 Å².